The van der Waals surface area contributed by atoms with Gasteiger partial charge in [0.1, 0.15) is 11.5 Å². The Morgan fingerprint density at radius 1 is 0.692 bits per heavy atom. The van der Waals surface area contributed by atoms with E-state index in [0.29, 0.717) is 0 Å². The van der Waals surface area contributed by atoms with E-state index in [0.717, 1.165) is 12.1 Å². The molecule has 0 amide bonds. The fourth-order valence-corrected chi connectivity index (χ4v) is 3.06. The molecule has 1 heterocycles. The fraction of sp³-hybridized carbons (Fsp3) is 0.111. The molecule has 0 radical (unpaired) electrons. The van der Waals surface area contributed by atoms with Crippen LogP contribution in [0.2, 0.25) is 0 Å². The molecule has 0 unspecified atom stereocenters. The molecule has 0 aliphatic rings. The third kappa shape index (κ3) is 3.51. The minimum absolute atomic E-state index is 0.126. The first-order chi connectivity index (χ1) is 12.1. The summed E-state index contributed by atoms with van der Waals surface area (Å²) in [5.74, 6) is -0.373. The van der Waals surface area contributed by atoms with Gasteiger partial charge in [0.2, 0.25) is 0 Å². The van der Waals surface area contributed by atoms with Gasteiger partial charge in [0.25, 0.3) is 0 Å². The van der Waals surface area contributed by atoms with Crippen LogP contribution < -0.4 is 0 Å². The van der Waals surface area contributed by atoms with Crippen molar-refractivity contribution in [3.05, 3.63) is 70.2 Å². The van der Waals surface area contributed by atoms with Gasteiger partial charge in [0.05, 0.1) is 15.6 Å². The first-order valence-corrected chi connectivity index (χ1v) is 8.01. The Bertz CT molecular complexity index is 939. The molecular formula is C18H9BrF6O. The number of hydrogen-bond donors (Lipinski definition) is 0. The molecule has 0 aliphatic heterocycles. The van der Waals surface area contributed by atoms with Crippen LogP contribution in [0.4, 0.5) is 26.3 Å². The van der Waals surface area contributed by atoms with E-state index in [1.54, 1.807) is 0 Å². The molecule has 2 aromatic carbocycles. The van der Waals surface area contributed by atoms with E-state index in [1.807, 2.05) is 0 Å². The minimum atomic E-state index is -4.63. The van der Waals surface area contributed by atoms with Gasteiger partial charge in [-0.15, -0.1) is 0 Å². The molecule has 3 rings (SSSR count). The van der Waals surface area contributed by atoms with Crippen LogP contribution in [0, 0.1) is 0 Å². The molecule has 26 heavy (non-hydrogen) atoms. The number of alkyl halides is 6. The van der Waals surface area contributed by atoms with E-state index >= 15 is 0 Å². The molecule has 0 atom stereocenters. The molecule has 1 nitrogen and oxygen atoms in total. The van der Waals surface area contributed by atoms with Crippen LogP contribution >= 0.6 is 15.9 Å². The summed E-state index contributed by atoms with van der Waals surface area (Å²) in [6.45, 7) is 0. The standard InChI is InChI=1S/C18H9BrF6O/c19-14-9-15(10-5-1-3-7-12(10)17(20,21)22)26-16(14)11-6-2-4-8-13(11)18(23,24)25/h1-9H. The number of benzene rings is 2. The van der Waals surface area contributed by atoms with Gasteiger partial charge in [0, 0.05) is 11.1 Å². The SMILES string of the molecule is FC(F)(F)c1ccccc1-c1cc(Br)c(-c2ccccc2C(F)(F)F)o1. The van der Waals surface area contributed by atoms with Crippen molar-refractivity contribution in [1.29, 1.82) is 0 Å². The molecule has 0 aliphatic carbocycles. The average molecular weight is 435 g/mol. The lowest BCUT2D eigenvalue weighted by Crippen LogP contribution is -2.07. The third-order valence-electron chi connectivity index (χ3n) is 3.66. The van der Waals surface area contributed by atoms with Crippen molar-refractivity contribution in [2.75, 3.05) is 0 Å². The quantitative estimate of drug-likeness (QED) is 0.382. The Morgan fingerprint density at radius 2 is 1.15 bits per heavy atom. The highest BCUT2D eigenvalue weighted by Crippen LogP contribution is 2.44. The smallest absolute Gasteiger partial charge is 0.417 e. The average Bonchev–Trinajstić information content (AvgIpc) is 2.95. The van der Waals surface area contributed by atoms with Crippen LogP contribution in [0.1, 0.15) is 11.1 Å². The third-order valence-corrected chi connectivity index (χ3v) is 4.25. The summed E-state index contributed by atoms with van der Waals surface area (Å²) in [4.78, 5) is 0. The van der Waals surface area contributed by atoms with Crippen LogP contribution in [0.25, 0.3) is 22.6 Å². The zero-order chi connectivity index (χ0) is 19.1. The van der Waals surface area contributed by atoms with E-state index in [2.05, 4.69) is 15.9 Å². The molecule has 1 aromatic heterocycles. The topological polar surface area (TPSA) is 13.1 Å². The predicted molar refractivity (Wildman–Crippen MR) is 87.3 cm³/mol. The molecule has 0 saturated heterocycles. The maximum absolute atomic E-state index is 13.2. The van der Waals surface area contributed by atoms with Crippen molar-refractivity contribution in [3.63, 3.8) is 0 Å². The van der Waals surface area contributed by atoms with Gasteiger partial charge < -0.3 is 4.42 Å². The van der Waals surface area contributed by atoms with Crippen LogP contribution in [0.5, 0.6) is 0 Å². The summed E-state index contributed by atoms with van der Waals surface area (Å²) >= 11 is 3.08. The molecule has 3 aromatic rings. The first-order valence-electron chi connectivity index (χ1n) is 7.21. The lowest BCUT2D eigenvalue weighted by molar-refractivity contribution is -0.137. The molecule has 0 fully saturated rings. The Kier molecular flexibility index (Phi) is 4.64. The summed E-state index contributed by atoms with van der Waals surface area (Å²) in [5.41, 5.74) is -2.39. The van der Waals surface area contributed by atoms with Crippen LogP contribution in [-0.2, 0) is 12.4 Å². The summed E-state index contributed by atoms with van der Waals surface area (Å²) in [7, 11) is 0. The highest BCUT2D eigenvalue weighted by molar-refractivity contribution is 9.10. The Labute approximate surface area is 152 Å². The van der Waals surface area contributed by atoms with E-state index < -0.39 is 23.5 Å². The van der Waals surface area contributed by atoms with Gasteiger partial charge in [-0.05, 0) is 34.1 Å². The van der Waals surface area contributed by atoms with Gasteiger partial charge in [0.15, 0.2) is 0 Å². The summed E-state index contributed by atoms with van der Waals surface area (Å²) < 4.78 is 84.7. The van der Waals surface area contributed by atoms with Gasteiger partial charge in [-0.3, -0.25) is 0 Å². The second kappa shape index (κ2) is 6.50. The maximum atomic E-state index is 13.2. The van der Waals surface area contributed by atoms with Crippen molar-refractivity contribution < 1.29 is 30.8 Å². The molecule has 0 spiro atoms. The van der Waals surface area contributed by atoms with Crippen molar-refractivity contribution in [3.8, 4) is 22.6 Å². The van der Waals surface area contributed by atoms with Crippen molar-refractivity contribution in [1.82, 2.24) is 0 Å². The van der Waals surface area contributed by atoms with Crippen molar-refractivity contribution in [2.45, 2.75) is 12.4 Å². The lowest BCUT2D eigenvalue weighted by atomic mass is 10.0. The lowest BCUT2D eigenvalue weighted by Gasteiger charge is -2.12. The number of furan rings is 1. The number of halogens is 7. The van der Waals surface area contributed by atoms with E-state index in [4.69, 9.17) is 4.42 Å². The normalized spacial score (nSPS) is 12.4. The Hall–Kier alpha value is -2.22. The van der Waals surface area contributed by atoms with Gasteiger partial charge in [-0.1, -0.05) is 36.4 Å². The van der Waals surface area contributed by atoms with Crippen LogP contribution in [0.15, 0.2) is 63.5 Å². The van der Waals surface area contributed by atoms with E-state index in [9.17, 15) is 26.3 Å². The van der Waals surface area contributed by atoms with Gasteiger partial charge >= 0.3 is 12.4 Å². The Balaban J connectivity index is 2.17. The van der Waals surface area contributed by atoms with E-state index in [-0.39, 0.29) is 27.1 Å². The second-order valence-electron chi connectivity index (χ2n) is 5.37. The maximum Gasteiger partial charge on any atom is 0.417 e. The van der Waals surface area contributed by atoms with Gasteiger partial charge in [-0.25, -0.2) is 0 Å². The van der Waals surface area contributed by atoms with Crippen LogP contribution in [0.3, 0.4) is 0 Å². The largest absolute Gasteiger partial charge is 0.455 e. The van der Waals surface area contributed by atoms with Gasteiger partial charge in [-0.2, -0.15) is 26.3 Å². The number of hydrogen-bond acceptors (Lipinski definition) is 1. The van der Waals surface area contributed by atoms with Crippen molar-refractivity contribution >= 4 is 15.9 Å². The van der Waals surface area contributed by atoms with Crippen molar-refractivity contribution in [2.24, 2.45) is 0 Å². The summed E-state index contributed by atoms with van der Waals surface area (Å²) in [6.07, 6.45) is -9.26. The highest BCUT2D eigenvalue weighted by Gasteiger charge is 2.36. The zero-order valence-electron chi connectivity index (χ0n) is 12.8. The predicted octanol–water partition coefficient (Wildman–Crippen LogP) is 7.41. The second-order valence-corrected chi connectivity index (χ2v) is 6.23. The molecule has 0 bridgehead atoms. The summed E-state index contributed by atoms with van der Waals surface area (Å²) in [6, 6.07) is 10.6. The minimum Gasteiger partial charge on any atom is -0.455 e. The molecule has 0 saturated carbocycles. The molecule has 136 valence electrons. The summed E-state index contributed by atoms with van der Waals surface area (Å²) in [5, 5.41) is 0. The highest BCUT2D eigenvalue weighted by atomic mass is 79.9. The molecule has 8 heteroatoms. The number of rotatable bonds is 2. The Morgan fingerprint density at radius 3 is 1.69 bits per heavy atom. The molecule has 0 N–H and O–H groups in total. The molecular weight excluding hydrogens is 426 g/mol. The first kappa shape index (κ1) is 18.6. The van der Waals surface area contributed by atoms with Crippen LogP contribution in [-0.4, -0.2) is 0 Å². The fourth-order valence-electron chi connectivity index (χ4n) is 2.56. The monoisotopic (exact) mass is 434 g/mol. The zero-order valence-corrected chi connectivity index (χ0v) is 14.3. The van der Waals surface area contributed by atoms with E-state index in [1.165, 1.54) is 42.5 Å².